The van der Waals surface area contributed by atoms with Gasteiger partial charge in [0.15, 0.2) is 11.5 Å². The van der Waals surface area contributed by atoms with Gasteiger partial charge in [-0.3, -0.25) is 9.67 Å². The van der Waals surface area contributed by atoms with Crippen LogP contribution in [0.2, 0.25) is 0 Å². The van der Waals surface area contributed by atoms with E-state index in [9.17, 15) is 4.39 Å². The molecule has 38 heavy (non-hydrogen) atoms. The molecule has 6 rings (SSSR count). The van der Waals surface area contributed by atoms with Gasteiger partial charge >= 0.3 is 0 Å². The Morgan fingerprint density at radius 1 is 1.08 bits per heavy atom. The summed E-state index contributed by atoms with van der Waals surface area (Å²) in [5.74, 6) is 0.0578. The molecule has 0 radical (unpaired) electrons. The van der Waals surface area contributed by atoms with E-state index in [-0.39, 0.29) is 5.82 Å². The highest BCUT2D eigenvalue weighted by molar-refractivity contribution is 5.81. The molecule has 10 nitrogen and oxygen atoms in total. The minimum Gasteiger partial charge on any atom is -0.382 e. The molecule has 0 bridgehead atoms. The summed E-state index contributed by atoms with van der Waals surface area (Å²) in [6.45, 7) is 2.03. The number of aromatic nitrogens is 7. The first-order chi connectivity index (χ1) is 18.4. The van der Waals surface area contributed by atoms with Crippen LogP contribution in [0.3, 0.4) is 0 Å². The number of aryl methyl sites for hydroxylation is 1. The summed E-state index contributed by atoms with van der Waals surface area (Å²) in [5, 5.41) is 4.55. The van der Waals surface area contributed by atoms with Gasteiger partial charge in [-0.25, -0.2) is 19.3 Å². The Hall–Kier alpha value is -4.38. The van der Waals surface area contributed by atoms with E-state index in [1.807, 2.05) is 36.1 Å². The quantitative estimate of drug-likeness (QED) is 0.355. The molecular formula is C27H29FN10. The van der Waals surface area contributed by atoms with Crippen LogP contribution in [0.5, 0.6) is 0 Å². The second-order valence-corrected chi connectivity index (χ2v) is 10.1. The predicted octanol–water partition coefficient (Wildman–Crippen LogP) is 2.93. The van der Waals surface area contributed by atoms with Crippen molar-refractivity contribution in [3.8, 4) is 11.3 Å². The van der Waals surface area contributed by atoms with E-state index < -0.39 is 5.54 Å². The number of benzene rings is 1. The van der Waals surface area contributed by atoms with E-state index in [2.05, 4.69) is 25.0 Å². The molecule has 0 saturated carbocycles. The molecule has 1 atom stereocenters. The zero-order chi connectivity index (χ0) is 26.3. The molecule has 0 spiro atoms. The fourth-order valence-electron chi connectivity index (χ4n) is 5.31. The minimum atomic E-state index is -0.414. The number of nitrogen functional groups attached to an aromatic ring is 1. The van der Waals surface area contributed by atoms with Gasteiger partial charge in [-0.2, -0.15) is 5.10 Å². The summed E-state index contributed by atoms with van der Waals surface area (Å²) >= 11 is 0. The van der Waals surface area contributed by atoms with E-state index in [0.717, 1.165) is 47.6 Å². The highest BCUT2D eigenvalue weighted by atomic mass is 19.1. The first kappa shape index (κ1) is 24.0. The number of piperidine rings is 1. The Morgan fingerprint density at radius 3 is 2.71 bits per heavy atom. The first-order valence-corrected chi connectivity index (χ1v) is 12.6. The SMILES string of the molecule is Cn1ccc(C[C@@]2(N)CCCN(c3cnc(-c4ccc(F)cc4)cc3Cn3cnc4c(N)ncnc43)C2)n1. The van der Waals surface area contributed by atoms with Crippen LogP contribution in [-0.4, -0.2) is 52.9 Å². The summed E-state index contributed by atoms with van der Waals surface area (Å²) in [6, 6.07) is 10.4. The van der Waals surface area contributed by atoms with Gasteiger partial charge in [0.1, 0.15) is 17.7 Å². The molecule has 1 aliphatic heterocycles. The van der Waals surface area contributed by atoms with E-state index in [4.69, 9.17) is 16.5 Å². The summed E-state index contributed by atoms with van der Waals surface area (Å²) < 4.78 is 17.3. The van der Waals surface area contributed by atoms with Crippen molar-refractivity contribution >= 4 is 22.7 Å². The molecule has 194 valence electrons. The maximum absolute atomic E-state index is 13.6. The Labute approximate surface area is 219 Å². The molecule has 5 heterocycles. The zero-order valence-corrected chi connectivity index (χ0v) is 21.1. The van der Waals surface area contributed by atoms with Crippen LogP contribution in [-0.2, 0) is 20.0 Å². The predicted molar refractivity (Wildman–Crippen MR) is 144 cm³/mol. The lowest BCUT2D eigenvalue weighted by molar-refractivity contribution is 0.338. The standard InChI is InChI=1S/C27H29FN10/c1-36-10-7-21(35-36)12-27(30)8-2-9-37(15-27)23-13-31-22(18-3-5-20(28)6-4-18)11-19(23)14-38-17-34-24-25(29)32-16-33-26(24)38/h3-7,10-11,13,16-17H,2,8-9,12,14-15,30H2,1H3,(H2,29,32,33)/t27-/m0/s1. The number of imidazole rings is 1. The van der Waals surface area contributed by atoms with Crippen molar-refractivity contribution < 1.29 is 4.39 Å². The molecule has 4 aromatic heterocycles. The van der Waals surface area contributed by atoms with Gasteiger partial charge in [-0.15, -0.1) is 0 Å². The van der Waals surface area contributed by atoms with Gasteiger partial charge in [-0.1, -0.05) is 0 Å². The van der Waals surface area contributed by atoms with Crippen molar-refractivity contribution in [3.63, 3.8) is 0 Å². The van der Waals surface area contributed by atoms with Crippen LogP contribution in [0.4, 0.5) is 15.9 Å². The summed E-state index contributed by atoms with van der Waals surface area (Å²) in [5.41, 5.74) is 18.4. The van der Waals surface area contributed by atoms with Crippen molar-refractivity contribution in [2.45, 2.75) is 31.3 Å². The van der Waals surface area contributed by atoms with Crippen molar-refractivity contribution in [1.29, 1.82) is 0 Å². The molecule has 0 aliphatic carbocycles. The van der Waals surface area contributed by atoms with Crippen molar-refractivity contribution in [2.75, 3.05) is 23.7 Å². The minimum absolute atomic E-state index is 0.284. The van der Waals surface area contributed by atoms with Gasteiger partial charge in [0.05, 0.1) is 36.1 Å². The molecular weight excluding hydrogens is 483 g/mol. The van der Waals surface area contributed by atoms with E-state index in [0.29, 0.717) is 36.5 Å². The normalized spacial score (nSPS) is 17.8. The highest BCUT2D eigenvalue weighted by Crippen LogP contribution is 2.32. The molecule has 1 saturated heterocycles. The van der Waals surface area contributed by atoms with E-state index in [1.165, 1.54) is 18.5 Å². The molecule has 0 amide bonds. The van der Waals surface area contributed by atoms with Crippen molar-refractivity contribution in [1.82, 2.24) is 34.3 Å². The number of hydrogen-bond donors (Lipinski definition) is 2. The van der Waals surface area contributed by atoms with E-state index >= 15 is 0 Å². The van der Waals surface area contributed by atoms with Gasteiger partial charge in [0, 0.05) is 43.9 Å². The van der Waals surface area contributed by atoms with Crippen molar-refractivity contribution in [2.24, 2.45) is 12.8 Å². The summed E-state index contributed by atoms with van der Waals surface area (Å²) in [4.78, 5) is 20.0. The topological polar surface area (TPSA) is 130 Å². The van der Waals surface area contributed by atoms with Gasteiger partial charge in [0.25, 0.3) is 0 Å². The van der Waals surface area contributed by atoms with Crippen LogP contribution >= 0.6 is 0 Å². The van der Waals surface area contributed by atoms with Gasteiger partial charge in [-0.05, 0) is 54.8 Å². The van der Waals surface area contributed by atoms with Crippen LogP contribution in [0, 0.1) is 5.82 Å². The van der Waals surface area contributed by atoms with Gasteiger partial charge in [0.2, 0.25) is 0 Å². The Morgan fingerprint density at radius 2 is 1.92 bits per heavy atom. The van der Waals surface area contributed by atoms with E-state index in [1.54, 1.807) is 23.1 Å². The average Bonchev–Trinajstić information content (AvgIpc) is 3.50. The van der Waals surface area contributed by atoms with Crippen LogP contribution in [0.25, 0.3) is 22.4 Å². The maximum atomic E-state index is 13.6. The lowest BCUT2D eigenvalue weighted by Gasteiger charge is -2.42. The fraction of sp³-hybridized carbons (Fsp3) is 0.296. The molecule has 0 unspecified atom stereocenters. The molecule has 1 fully saturated rings. The third-order valence-corrected chi connectivity index (χ3v) is 7.13. The molecule has 5 aromatic rings. The molecule has 1 aromatic carbocycles. The number of fused-ring (bicyclic) bond motifs is 1. The number of anilines is 2. The number of halogens is 1. The fourth-order valence-corrected chi connectivity index (χ4v) is 5.31. The van der Waals surface area contributed by atoms with Crippen LogP contribution in [0.15, 0.2) is 61.4 Å². The highest BCUT2D eigenvalue weighted by Gasteiger charge is 2.33. The number of pyridine rings is 1. The Bertz CT molecular complexity index is 1590. The maximum Gasteiger partial charge on any atom is 0.165 e. The number of nitrogens with two attached hydrogens (primary N) is 2. The molecule has 11 heteroatoms. The van der Waals surface area contributed by atoms with Crippen molar-refractivity contribution in [3.05, 3.63) is 78.5 Å². The Kier molecular flexibility index (Phi) is 5.99. The van der Waals surface area contributed by atoms with Crippen LogP contribution in [0.1, 0.15) is 24.1 Å². The second kappa shape index (κ2) is 9.49. The summed E-state index contributed by atoms with van der Waals surface area (Å²) in [7, 11) is 1.92. The first-order valence-electron chi connectivity index (χ1n) is 12.6. The monoisotopic (exact) mass is 512 g/mol. The molecule has 1 aliphatic rings. The third-order valence-electron chi connectivity index (χ3n) is 7.13. The smallest absolute Gasteiger partial charge is 0.165 e. The Balaban J connectivity index is 1.37. The van der Waals surface area contributed by atoms with Crippen LogP contribution < -0.4 is 16.4 Å². The lowest BCUT2D eigenvalue weighted by atomic mass is 9.85. The summed E-state index contributed by atoms with van der Waals surface area (Å²) in [6.07, 6.45) is 9.58. The number of rotatable bonds is 6. The number of hydrogen-bond acceptors (Lipinski definition) is 8. The largest absolute Gasteiger partial charge is 0.382 e. The third kappa shape index (κ3) is 4.68. The average molecular weight is 513 g/mol. The second-order valence-electron chi connectivity index (χ2n) is 10.1. The van der Waals surface area contributed by atoms with Gasteiger partial charge < -0.3 is 20.9 Å². The lowest BCUT2D eigenvalue weighted by Crippen LogP contribution is -2.56. The zero-order valence-electron chi connectivity index (χ0n) is 21.1. The molecule has 4 N–H and O–H groups in total. The number of nitrogens with zero attached hydrogens (tertiary/aromatic N) is 8.